The number of hydrogen-bond donors (Lipinski definition) is 2. The Morgan fingerprint density at radius 1 is 1.37 bits per heavy atom. The zero-order valence-electron chi connectivity index (χ0n) is 11.5. The van der Waals surface area contributed by atoms with Gasteiger partial charge in [-0.1, -0.05) is 37.3 Å². The van der Waals surface area contributed by atoms with Crippen LogP contribution in [0.15, 0.2) is 30.3 Å². The lowest BCUT2D eigenvalue weighted by atomic mass is 9.99. The number of nitrogens with two attached hydrogens (primary N) is 1. The van der Waals surface area contributed by atoms with E-state index in [1.54, 1.807) is 0 Å². The molecule has 4 heteroatoms. The highest BCUT2D eigenvalue weighted by Crippen LogP contribution is 2.17. The fourth-order valence-corrected chi connectivity index (χ4v) is 2.42. The van der Waals surface area contributed by atoms with E-state index in [-0.39, 0.29) is 12.1 Å². The van der Waals surface area contributed by atoms with Gasteiger partial charge < -0.3 is 16.0 Å². The molecule has 0 aromatic heterocycles. The van der Waals surface area contributed by atoms with Gasteiger partial charge in [-0.25, -0.2) is 4.79 Å². The molecule has 0 radical (unpaired) electrons. The first kappa shape index (κ1) is 13.9. The standard InChI is InChI=1S/C15H23N3O/c1-12-7-9-18(10-8-12)15(19)17-14(11-16)13-5-3-2-4-6-13/h2-6,12,14H,7-11,16H2,1H3,(H,17,19). The molecule has 0 bridgehead atoms. The minimum Gasteiger partial charge on any atom is -0.330 e. The van der Waals surface area contributed by atoms with Crippen LogP contribution in [0.1, 0.15) is 31.4 Å². The molecule has 1 unspecified atom stereocenters. The van der Waals surface area contributed by atoms with Gasteiger partial charge in [-0.2, -0.15) is 0 Å². The van der Waals surface area contributed by atoms with Crippen LogP contribution in [0.5, 0.6) is 0 Å². The average molecular weight is 261 g/mol. The second kappa shape index (κ2) is 6.57. The monoisotopic (exact) mass is 261 g/mol. The Kier molecular flexibility index (Phi) is 4.80. The molecule has 1 fully saturated rings. The summed E-state index contributed by atoms with van der Waals surface area (Å²) in [5.74, 6) is 0.725. The second-order valence-electron chi connectivity index (χ2n) is 5.32. The first-order valence-electron chi connectivity index (χ1n) is 7.01. The summed E-state index contributed by atoms with van der Waals surface area (Å²) in [4.78, 5) is 14.1. The molecular formula is C15H23N3O. The third-order valence-corrected chi connectivity index (χ3v) is 3.81. The van der Waals surface area contributed by atoms with E-state index in [1.165, 1.54) is 0 Å². The number of hydrogen-bond acceptors (Lipinski definition) is 2. The number of likely N-dealkylation sites (tertiary alicyclic amines) is 1. The molecule has 4 nitrogen and oxygen atoms in total. The molecule has 2 rings (SSSR count). The van der Waals surface area contributed by atoms with Crippen LogP contribution >= 0.6 is 0 Å². The molecule has 1 atom stereocenters. The number of nitrogens with zero attached hydrogens (tertiary/aromatic N) is 1. The lowest BCUT2D eigenvalue weighted by Crippen LogP contribution is -2.46. The Bertz CT molecular complexity index is 399. The van der Waals surface area contributed by atoms with Gasteiger partial charge in [-0.05, 0) is 24.3 Å². The van der Waals surface area contributed by atoms with Gasteiger partial charge in [0.2, 0.25) is 0 Å². The van der Waals surface area contributed by atoms with E-state index >= 15 is 0 Å². The van der Waals surface area contributed by atoms with Crippen molar-refractivity contribution >= 4 is 6.03 Å². The summed E-state index contributed by atoms with van der Waals surface area (Å²) in [5.41, 5.74) is 6.83. The van der Waals surface area contributed by atoms with Gasteiger partial charge in [0.25, 0.3) is 0 Å². The SMILES string of the molecule is CC1CCN(C(=O)NC(CN)c2ccccc2)CC1. The van der Waals surface area contributed by atoms with Crippen LogP contribution in [0.3, 0.4) is 0 Å². The lowest BCUT2D eigenvalue weighted by Gasteiger charge is -2.31. The van der Waals surface area contributed by atoms with Crippen molar-refractivity contribution in [2.75, 3.05) is 19.6 Å². The van der Waals surface area contributed by atoms with Crippen LogP contribution in [0.2, 0.25) is 0 Å². The summed E-state index contributed by atoms with van der Waals surface area (Å²) in [6.07, 6.45) is 2.18. The van der Waals surface area contributed by atoms with Crippen LogP contribution in [0, 0.1) is 5.92 Å². The molecule has 1 aliphatic rings. The van der Waals surface area contributed by atoms with Gasteiger partial charge in [0.15, 0.2) is 0 Å². The Morgan fingerprint density at radius 2 is 2.00 bits per heavy atom. The Morgan fingerprint density at radius 3 is 2.58 bits per heavy atom. The molecule has 3 N–H and O–H groups in total. The molecule has 1 aliphatic heterocycles. The summed E-state index contributed by atoms with van der Waals surface area (Å²) < 4.78 is 0. The van der Waals surface area contributed by atoms with Gasteiger partial charge >= 0.3 is 6.03 Å². The zero-order chi connectivity index (χ0) is 13.7. The summed E-state index contributed by atoms with van der Waals surface area (Å²) in [6, 6.07) is 9.79. The average Bonchev–Trinajstić information content (AvgIpc) is 2.46. The third-order valence-electron chi connectivity index (χ3n) is 3.81. The Balaban J connectivity index is 1.93. The highest BCUT2D eigenvalue weighted by molar-refractivity contribution is 5.74. The van der Waals surface area contributed by atoms with Crippen molar-refractivity contribution in [2.45, 2.75) is 25.8 Å². The molecule has 1 heterocycles. The molecule has 19 heavy (non-hydrogen) atoms. The van der Waals surface area contributed by atoms with Gasteiger partial charge in [0, 0.05) is 19.6 Å². The van der Waals surface area contributed by atoms with Crippen molar-refractivity contribution in [3.8, 4) is 0 Å². The van der Waals surface area contributed by atoms with Crippen molar-refractivity contribution in [1.29, 1.82) is 0 Å². The van der Waals surface area contributed by atoms with Gasteiger partial charge in [-0.15, -0.1) is 0 Å². The molecule has 1 aromatic carbocycles. The van der Waals surface area contributed by atoms with Crippen LogP contribution in [0.25, 0.3) is 0 Å². The van der Waals surface area contributed by atoms with Crippen LogP contribution in [0.4, 0.5) is 4.79 Å². The number of carbonyl (C=O) groups is 1. The van der Waals surface area contributed by atoms with Crippen molar-refractivity contribution in [3.05, 3.63) is 35.9 Å². The smallest absolute Gasteiger partial charge is 0.317 e. The molecular weight excluding hydrogens is 238 g/mol. The minimum atomic E-state index is -0.104. The van der Waals surface area contributed by atoms with Crippen molar-refractivity contribution in [2.24, 2.45) is 11.7 Å². The number of nitrogens with one attached hydrogen (secondary N) is 1. The maximum Gasteiger partial charge on any atom is 0.317 e. The minimum absolute atomic E-state index is 0.00574. The maximum atomic E-state index is 12.2. The summed E-state index contributed by atoms with van der Waals surface area (Å²) >= 11 is 0. The van der Waals surface area contributed by atoms with E-state index in [1.807, 2.05) is 35.2 Å². The molecule has 104 valence electrons. The number of carbonyl (C=O) groups excluding carboxylic acids is 1. The number of benzene rings is 1. The van der Waals surface area contributed by atoms with Crippen LogP contribution < -0.4 is 11.1 Å². The van der Waals surface area contributed by atoms with Crippen LogP contribution in [-0.2, 0) is 0 Å². The zero-order valence-corrected chi connectivity index (χ0v) is 11.5. The molecule has 0 aliphatic carbocycles. The molecule has 2 amide bonds. The second-order valence-corrected chi connectivity index (χ2v) is 5.32. The van der Waals surface area contributed by atoms with Crippen molar-refractivity contribution < 1.29 is 4.79 Å². The summed E-state index contributed by atoms with van der Waals surface area (Å²) in [5, 5.41) is 3.03. The number of urea groups is 1. The molecule has 0 spiro atoms. The maximum absolute atomic E-state index is 12.2. The van der Waals surface area contributed by atoms with Crippen molar-refractivity contribution in [3.63, 3.8) is 0 Å². The van der Waals surface area contributed by atoms with Gasteiger partial charge in [0.1, 0.15) is 0 Å². The number of rotatable bonds is 3. The predicted molar refractivity (Wildman–Crippen MR) is 76.7 cm³/mol. The molecule has 1 aromatic rings. The fourth-order valence-electron chi connectivity index (χ4n) is 2.42. The molecule has 0 saturated carbocycles. The first-order valence-corrected chi connectivity index (χ1v) is 7.01. The van der Waals surface area contributed by atoms with E-state index in [2.05, 4.69) is 12.2 Å². The van der Waals surface area contributed by atoms with Crippen LogP contribution in [-0.4, -0.2) is 30.6 Å². The van der Waals surface area contributed by atoms with E-state index in [0.717, 1.165) is 37.4 Å². The number of piperidine rings is 1. The van der Waals surface area contributed by atoms with Gasteiger partial charge in [-0.3, -0.25) is 0 Å². The van der Waals surface area contributed by atoms with E-state index < -0.39 is 0 Å². The molecule has 1 saturated heterocycles. The van der Waals surface area contributed by atoms with E-state index in [0.29, 0.717) is 6.54 Å². The van der Waals surface area contributed by atoms with Crippen molar-refractivity contribution in [1.82, 2.24) is 10.2 Å². The Hall–Kier alpha value is -1.55. The number of amides is 2. The van der Waals surface area contributed by atoms with E-state index in [9.17, 15) is 4.79 Å². The Labute approximate surface area is 115 Å². The summed E-state index contributed by atoms with van der Waals surface area (Å²) in [6.45, 7) is 4.35. The highest BCUT2D eigenvalue weighted by atomic mass is 16.2. The van der Waals surface area contributed by atoms with E-state index in [4.69, 9.17) is 5.73 Å². The first-order chi connectivity index (χ1) is 9.20. The summed E-state index contributed by atoms with van der Waals surface area (Å²) in [7, 11) is 0. The highest BCUT2D eigenvalue weighted by Gasteiger charge is 2.22. The van der Waals surface area contributed by atoms with Gasteiger partial charge in [0.05, 0.1) is 6.04 Å². The quantitative estimate of drug-likeness (QED) is 0.875. The predicted octanol–water partition coefficient (Wildman–Crippen LogP) is 2.13. The largest absolute Gasteiger partial charge is 0.330 e. The third kappa shape index (κ3) is 3.70. The lowest BCUT2D eigenvalue weighted by molar-refractivity contribution is 0.170. The normalized spacial score (nSPS) is 18.1. The fraction of sp³-hybridized carbons (Fsp3) is 0.533. The topological polar surface area (TPSA) is 58.4 Å².